The monoisotopic (exact) mass is 251 g/mol. The molecule has 0 bridgehead atoms. The second-order valence-corrected chi connectivity index (χ2v) is 3.95. The Bertz CT molecular complexity index is 355. The third kappa shape index (κ3) is 5.60. The standard InChI is InChI=1S/C12H21N5O/c1-10(9-18-2)16-12(17-13)15-8-6-11-5-3-4-7-14-11/h3-5,7,10H,6,8-9,13H2,1-2H3,(H2,15,16,17). The Morgan fingerprint density at radius 3 is 3.00 bits per heavy atom. The number of methoxy groups -OCH3 is 1. The van der Waals surface area contributed by atoms with E-state index in [0.29, 0.717) is 19.1 Å². The van der Waals surface area contributed by atoms with Gasteiger partial charge in [-0.05, 0) is 19.1 Å². The first-order valence-electron chi connectivity index (χ1n) is 5.92. The summed E-state index contributed by atoms with van der Waals surface area (Å²) in [7, 11) is 1.66. The zero-order chi connectivity index (χ0) is 13.2. The summed E-state index contributed by atoms with van der Waals surface area (Å²) in [4.78, 5) is 8.56. The van der Waals surface area contributed by atoms with Crippen molar-refractivity contribution in [2.24, 2.45) is 10.8 Å². The minimum Gasteiger partial charge on any atom is -0.383 e. The van der Waals surface area contributed by atoms with Gasteiger partial charge in [-0.3, -0.25) is 15.4 Å². The molecule has 0 aromatic carbocycles. The van der Waals surface area contributed by atoms with E-state index in [1.807, 2.05) is 25.1 Å². The molecule has 0 radical (unpaired) electrons. The Morgan fingerprint density at radius 2 is 2.39 bits per heavy atom. The third-order valence-corrected chi connectivity index (χ3v) is 2.30. The van der Waals surface area contributed by atoms with Crippen LogP contribution >= 0.6 is 0 Å². The SMILES string of the molecule is COCC(C)NC(=NCCc1ccccn1)NN. The number of nitrogens with zero attached hydrogens (tertiary/aromatic N) is 2. The largest absolute Gasteiger partial charge is 0.383 e. The molecule has 0 aliphatic rings. The molecule has 1 unspecified atom stereocenters. The van der Waals surface area contributed by atoms with Gasteiger partial charge in [0.15, 0.2) is 0 Å². The Morgan fingerprint density at radius 1 is 1.56 bits per heavy atom. The summed E-state index contributed by atoms with van der Waals surface area (Å²) < 4.78 is 5.03. The van der Waals surface area contributed by atoms with Crippen LogP contribution in [0.4, 0.5) is 0 Å². The lowest BCUT2D eigenvalue weighted by Gasteiger charge is -2.15. The molecule has 0 saturated carbocycles. The molecule has 1 heterocycles. The molecule has 1 rings (SSSR count). The Kier molecular flexibility index (Phi) is 6.75. The number of hydrogen-bond acceptors (Lipinski definition) is 4. The third-order valence-electron chi connectivity index (χ3n) is 2.30. The van der Waals surface area contributed by atoms with Gasteiger partial charge in [0.05, 0.1) is 6.61 Å². The fraction of sp³-hybridized carbons (Fsp3) is 0.500. The van der Waals surface area contributed by atoms with Gasteiger partial charge in [0.25, 0.3) is 0 Å². The Balaban J connectivity index is 2.38. The number of hydrazine groups is 1. The highest BCUT2D eigenvalue weighted by molar-refractivity contribution is 5.79. The van der Waals surface area contributed by atoms with Gasteiger partial charge in [0, 0.05) is 38.0 Å². The van der Waals surface area contributed by atoms with E-state index in [9.17, 15) is 0 Å². The molecule has 4 N–H and O–H groups in total. The van der Waals surface area contributed by atoms with Crippen LogP contribution in [0.1, 0.15) is 12.6 Å². The van der Waals surface area contributed by atoms with Crippen LogP contribution in [-0.2, 0) is 11.2 Å². The van der Waals surface area contributed by atoms with Gasteiger partial charge in [-0.2, -0.15) is 0 Å². The molecular weight excluding hydrogens is 230 g/mol. The van der Waals surface area contributed by atoms with Crippen molar-refractivity contribution in [3.63, 3.8) is 0 Å². The fourth-order valence-corrected chi connectivity index (χ4v) is 1.49. The van der Waals surface area contributed by atoms with Crippen LogP contribution in [0.25, 0.3) is 0 Å². The summed E-state index contributed by atoms with van der Waals surface area (Å²) in [5, 5.41) is 3.12. The van der Waals surface area contributed by atoms with Crippen molar-refractivity contribution in [2.45, 2.75) is 19.4 Å². The van der Waals surface area contributed by atoms with E-state index < -0.39 is 0 Å². The summed E-state index contributed by atoms with van der Waals surface area (Å²) in [6.45, 7) is 3.22. The molecule has 6 nitrogen and oxygen atoms in total. The van der Waals surface area contributed by atoms with Crippen molar-refractivity contribution in [1.29, 1.82) is 0 Å². The molecular formula is C12H21N5O. The summed E-state index contributed by atoms with van der Waals surface area (Å²) in [5.74, 6) is 5.96. The normalized spacial score (nSPS) is 13.2. The molecule has 0 spiro atoms. The van der Waals surface area contributed by atoms with E-state index in [0.717, 1.165) is 12.1 Å². The minimum atomic E-state index is 0.152. The Hall–Kier alpha value is -1.66. The van der Waals surface area contributed by atoms with Crippen LogP contribution in [0.2, 0.25) is 0 Å². The van der Waals surface area contributed by atoms with Crippen LogP contribution in [0.3, 0.4) is 0 Å². The van der Waals surface area contributed by atoms with E-state index in [1.54, 1.807) is 13.3 Å². The van der Waals surface area contributed by atoms with Gasteiger partial charge in [-0.25, -0.2) is 5.84 Å². The highest BCUT2D eigenvalue weighted by Crippen LogP contribution is 1.94. The van der Waals surface area contributed by atoms with Gasteiger partial charge in [-0.15, -0.1) is 0 Å². The molecule has 18 heavy (non-hydrogen) atoms. The number of ether oxygens (including phenoxy) is 1. The van der Waals surface area contributed by atoms with Gasteiger partial charge < -0.3 is 10.1 Å². The fourth-order valence-electron chi connectivity index (χ4n) is 1.49. The van der Waals surface area contributed by atoms with Gasteiger partial charge in [0.1, 0.15) is 0 Å². The van der Waals surface area contributed by atoms with Crippen molar-refractivity contribution in [2.75, 3.05) is 20.3 Å². The van der Waals surface area contributed by atoms with Crippen LogP contribution in [0.5, 0.6) is 0 Å². The topological polar surface area (TPSA) is 84.6 Å². The summed E-state index contributed by atoms with van der Waals surface area (Å²) >= 11 is 0. The molecule has 100 valence electrons. The molecule has 0 amide bonds. The first kappa shape index (κ1) is 14.4. The number of guanidine groups is 1. The van der Waals surface area contributed by atoms with Crippen molar-refractivity contribution >= 4 is 5.96 Å². The van der Waals surface area contributed by atoms with E-state index >= 15 is 0 Å². The number of aliphatic imine (C=N–C) groups is 1. The van der Waals surface area contributed by atoms with Crippen LogP contribution < -0.4 is 16.6 Å². The minimum absolute atomic E-state index is 0.152. The predicted molar refractivity (Wildman–Crippen MR) is 72.0 cm³/mol. The second-order valence-electron chi connectivity index (χ2n) is 3.95. The molecule has 0 aliphatic heterocycles. The molecule has 1 aromatic heterocycles. The van der Waals surface area contributed by atoms with Gasteiger partial charge in [0.2, 0.25) is 5.96 Å². The quantitative estimate of drug-likeness (QED) is 0.288. The Labute approximate surface area is 108 Å². The van der Waals surface area contributed by atoms with Crippen LogP contribution in [0.15, 0.2) is 29.4 Å². The lowest BCUT2D eigenvalue weighted by atomic mass is 10.3. The second kappa shape index (κ2) is 8.43. The zero-order valence-electron chi connectivity index (χ0n) is 10.9. The molecule has 6 heteroatoms. The highest BCUT2D eigenvalue weighted by Gasteiger charge is 2.03. The first-order chi connectivity index (χ1) is 8.76. The maximum Gasteiger partial charge on any atom is 0.206 e. The number of nitrogens with two attached hydrogens (primary N) is 1. The maximum atomic E-state index is 5.40. The van der Waals surface area contributed by atoms with Crippen LogP contribution in [-0.4, -0.2) is 37.2 Å². The number of aromatic nitrogens is 1. The number of rotatable bonds is 6. The van der Waals surface area contributed by atoms with E-state index in [1.165, 1.54) is 0 Å². The van der Waals surface area contributed by atoms with Crippen LogP contribution in [0, 0.1) is 0 Å². The summed E-state index contributed by atoms with van der Waals surface area (Å²) in [5.41, 5.74) is 3.56. The predicted octanol–water partition coefficient (Wildman–Crippen LogP) is 0.0679. The van der Waals surface area contributed by atoms with Crippen molar-refractivity contribution in [3.8, 4) is 0 Å². The van der Waals surface area contributed by atoms with Crippen molar-refractivity contribution < 1.29 is 4.74 Å². The van der Waals surface area contributed by atoms with Gasteiger partial charge in [-0.1, -0.05) is 6.07 Å². The average molecular weight is 251 g/mol. The number of hydrogen-bond donors (Lipinski definition) is 3. The first-order valence-corrected chi connectivity index (χ1v) is 5.92. The molecule has 0 saturated heterocycles. The summed E-state index contributed by atoms with van der Waals surface area (Å²) in [6.07, 6.45) is 2.56. The molecule has 0 fully saturated rings. The van der Waals surface area contributed by atoms with E-state index in [-0.39, 0.29) is 6.04 Å². The average Bonchev–Trinajstić information content (AvgIpc) is 2.39. The molecule has 1 atom stereocenters. The van der Waals surface area contributed by atoms with Crippen molar-refractivity contribution in [3.05, 3.63) is 30.1 Å². The molecule has 0 aliphatic carbocycles. The van der Waals surface area contributed by atoms with E-state index in [4.69, 9.17) is 10.6 Å². The zero-order valence-corrected chi connectivity index (χ0v) is 10.9. The smallest absolute Gasteiger partial charge is 0.206 e. The highest BCUT2D eigenvalue weighted by atomic mass is 16.5. The van der Waals surface area contributed by atoms with Crippen molar-refractivity contribution in [1.82, 2.24) is 15.7 Å². The van der Waals surface area contributed by atoms with E-state index in [2.05, 4.69) is 20.7 Å². The lowest BCUT2D eigenvalue weighted by molar-refractivity contribution is 0.179. The van der Waals surface area contributed by atoms with Gasteiger partial charge >= 0.3 is 0 Å². The maximum absolute atomic E-state index is 5.40. The summed E-state index contributed by atoms with van der Waals surface area (Å²) in [6, 6.07) is 5.99. The molecule has 1 aromatic rings. The number of nitrogens with one attached hydrogen (secondary N) is 2. The lowest BCUT2D eigenvalue weighted by Crippen LogP contribution is -2.47. The number of pyridine rings is 1.